The summed E-state index contributed by atoms with van der Waals surface area (Å²) in [6.45, 7) is 7.98. The first-order valence-electron chi connectivity index (χ1n) is 11.3. The third-order valence-electron chi connectivity index (χ3n) is 5.34. The van der Waals surface area contributed by atoms with Gasteiger partial charge in [0, 0.05) is 25.3 Å². The van der Waals surface area contributed by atoms with Gasteiger partial charge in [-0.25, -0.2) is 17.6 Å². The maximum Gasteiger partial charge on any atom is 0.315 e. The molecule has 34 heavy (non-hydrogen) atoms. The van der Waals surface area contributed by atoms with Crippen molar-refractivity contribution < 1.29 is 22.4 Å². The van der Waals surface area contributed by atoms with Crippen LogP contribution in [0.2, 0.25) is 0 Å². The molecule has 1 unspecified atom stereocenters. The zero-order valence-electron chi connectivity index (χ0n) is 20.0. The Morgan fingerprint density at radius 1 is 1.03 bits per heavy atom. The Balaban J connectivity index is 2.10. The van der Waals surface area contributed by atoms with Crippen molar-refractivity contribution >= 4 is 27.6 Å². The first-order chi connectivity index (χ1) is 16.1. The van der Waals surface area contributed by atoms with E-state index < -0.39 is 28.0 Å². The Labute approximate surface area is 201 Å². The number of nitrogens with zero attached hydrogens (tertiary/aromatic N) is 1. The van der Waals surface area contributed by atoms with Gasteiger partial charge in [-0.15, -0.1) is 0 Å². The van der Waals surface area contributed by atoms with Crippen LogP contribution in [0.25, 0.3) is 0 Å². The molecule has 0 radical (unpaired) electrons. The molecule has 0 fully saturated rings. The van der Waals surface area contributed by atoms with Gasteiger partial charge in [0.1, 0.15) is 11.9 Å². The van der Waals surface area contributed by atoms with E-state index in [1.165, 1.54) is 22.5 Å². The van der Waals surface area contributed by atoms with Gasteiger partial charge in [-0.05, 0) is 48.7 Å². The van der Waals surface area contributed by atoms with E-state index in [4.69, 9.17) is 0 Å². The predicted molar refractivity (Wildman–Crippen MR) is 130 cm³/mol. The molecule has 186 valence electrons. The van der Waals surface area contributed by atoms with Crippen LogP contribution < -0.4 is 16.0 Å². The fraction of sp³-hybridized carbons (Fsp3) is 0.417. The lowest BCUT2D eigenvalue weighted by molar-refractivity contribution is -0.118. The maximum absolute atomic E-state index is 13.0. The number of nitrogens with one attached hydrogen (secondary N) is 3. The lowest BCUT2D eigenvalue weighted by atomic mass is 10.1. The van der Waals surface area contributed by atoms with Crippen LogP contribution in [0.5, 0.6) is 0 Å². The van der Waals surface area contributed by atoms with Crippen LogP contribution in [0.1, 0.15) is 44.7 Å². The molecule has 2 aromatic carbocycles. The molecule has 0 aliphatic rings. The van der Waals surface area contributed by atoms with Crippen LogP contribution in [-0.2, 0) is 21.4 Å². The molecule has 0 aromatic heterocycles. The third-order valence-corrected chi connectivity index (χ3v) is 7.54. The summed E-state index contributed by atoms with van der Waals surface area (Å²) in [5.41, 5.74) is 1.62. The Morgan fingerprint density at radius 3 is 2.26 bits per heavy atom. The summed E-state index contributed by atoms with van der Waals surface area (Å²) in [6, 6.07) is 9.10. The molecule has 3 amide bonds. The monoisotopic (exact) mass is 492 g/mol. The number of aryl methyl sites for hydroxylation is 1. The van der Waals surface area contributed by atoms with Gasteiger partial charge < -0.3 is 16.0 Å². The van der Waals surface area contributed by atoms with E-state index in [0.717, 1.165) is 5.56 Å². The van der Waals surface area contributed by atoms with Gasteiger partial charge in [0.05, 0.1) is 4.90 Å². The van der Waals surface area contributed by atoms with Crippen LogP contribution in [0.15, 0.2) is 47.4 Å². The lowest BCUT2D eigenvalue weighted by Crippen LogP contribution is -2.47. The summed E-state index contributed by atoms with van der Waals surface area (Å²) in [4.78, 5) is 25.4. The van der Waals surface area contributed by atoms with Crippen molar-refractivity contribution in [1.29, 1.82) is 0 Å². The van der Waals surface area contributed by atoms with Gasteiger partial charge >= 0.3 is 6.03 Å². The number of sulfonamides is 1. The van der Waals surface area contributed by atoms with Gasteiger partial charge in [0.25, 0.3) is 0 Å². The molecular weight excluding hydrogens is 459 g/mol. The molecule has 3 N–H and O–H groups in total. The molecule has 2 aromatic rings. The third kappa shape index (κ3) is 7.26. The van der Waals surface area contributed by atoms with Crippen molar-refractivity contribution in [3.05, 3.63) is 59.4 Å². The van der Waals surface area contributed by atoms with Crippen molar-refractivity contribution in [2.45, 2.75) is 58.0 Å². The van der Waals surface area contributed by atoms with Crippen LogP contribution in [-0.4, -0.2) is 43.8 Å². The number of carbonyl (C=O) groups is 2. The van der Waals surface area contributed by atoms with Crippen molar-refractivity contribution in [3.8, 4) is 0 Å². The fourth-order valence-corrected chi connectivity index (χ4v) is 5.15. The summed E-state index contributed by atoms with van der Waals surface area (Å²) >= 11 is 0. The molecule has 2 rings (SSSR count). The van der Waals surface area contributed by atoms with E-state index in [1.54, 1.807) is 45.0 Å². The average Bonchev–Trinajstić information content (AvgIpc) is 2.80. The molecule has 8 nitrogen and oxygen atoms in total. The predicted octanol–water partition coefficient (Wildman–Crippen LogP) is 3.77. The number of carbonyl (C=O) groups excluding carboxylic acids is 2. The summed E-state index contributed by atoms with van der Waals surface area (Å²) in [5, 5.41) is 8.02. The highest BCUT2D eigenvalue weighted by Crippen LogP contribution is 2.24. The molecule has 10 heteroatoms. The number of hydrogen-bond acceptors (Lipinski definition) is 4. The minimum Gasteiger partial charge on any atom is -0.334 e. The summed E-state index contributed by atoms with van der Waals surface area (Å²) in [5.74, 6) is -0.814. The van der Waals surface area contributed by atoms with E-state index in [1.807, 2.05) is 6.92 Å². The smallest absolute Gasteiger partial charge is 0.315 e. The summed E-state index contributed by atoms with van der Waals surface area (Å²) in [7, 11) is -3.70. The fourth-order valence-electron chi connectivity index (χ4n) is 3.44. The minimum absolute atomic E-state index is 0.131. The van der Waals surface area contributed by atoms with E-state index in [-0.39, 0.29) is 17.3 Å². The first-order valence-corrected chi connectivity index (χ1v) is 12.8. The highest BCUT2D eigenvalue weighted by atomic mass is 32.2. The average molecular weight is 493 g/mol. The number of hydrogen-bond donors (Lipinski definition) is 3. The highest BCUT2D eigenvalue weighted by Gasteiger charge is 2.25. The highest BCUT2D eigenvalue weighted by molar-refractivity contribution is 7.89. The number of amides is 3. The van der Waals surface area contributed by atoms with Crippen molar-refractivity contribution in [3.63, 3.8) is 0 Å². The van der Waals surface area contributed by atoms with Crippen molar-refractivity contribution in [2.75, 3.05) is 18.4 Å². The molecule has 1 atom stereocenters. The molecule has 0 heterocycles. The number of halogens is 1. The molecule has 0 saturated heterocycles. The number of anilines is 1. The lowest BCUT2D eigenvalue weighted by Gasteiger charge is -2.21. The quantitative estimate of drug-likeness (QED) is 0.444. The molecule has 0 aliphatic carbocycles. The minimum atomic E-state index is -3.70. The zero-order valence-corrected chi connectivity index (χ0v) is 20.8. The van der Waals surface area contributed by atoms with Crippen LogP contribution in [0.3, 0.4) is 0 Å². The van der Waals surface area contributed by atoms with E-state index in [9.17, 15) is 22.4 Å². The van der Waals surface area contributed by atoms with Crippen molar-refractivity contribution in [2.24, 2.45) is 0 Å². The second-order valence-electron chi connectivity index (χ2n) is 7.85. The van der Waals surface area contributed by atoms with E-state index >= 15 is 0 Å². The molecular formula is C24H33FN4O4S. The second-order valence-corrected chi connectivity index (χ2v) is 9.76. The first kappa shape index (κ1) is 27.3. The van der Waals surface area contributed by atoms with Gasteiger partial charge in [-0.3, -0.25) is 4.79 Å². The van der Waals surface area contributed by atoms with Crippen LogP contribution in [0.4, 0.5) is 14.9 Å². The molecule has 0 saturated carbocycles. The van der Waals surface area contributed by atoms with Gasteiger partial charge in [-0.2, -0.15) is 4.31 Å². The Kier molecular flexibility index (Phi) is 10.0. The molecule has 0 bridgehead atoms. The largest absolute Gasteiger partial charge is 0.334 e. The zero-order chi connectivity index (χ0) is 25.3. The SMILES string of the molecule is CCCC(NC(=O)NCc1ccc(F)cc1)C(=O)Nc1ccc(C)c(S(=O)(=O)N(CC)CC)c1. The van der Waals surface area contributed by atoms with Crippen molar-refractivity contribution in [1.82, 2.24) is 14.9 Å². The number of benzene rings is 2. The van der Waals surface area contributed by atoms with E-state index in [2.05, 4.69) is 16.0 Å². The van der Waals surface area contributed by atoms with Crippen LogP contribution in [0, 0.1) is 12.7 Å². The summed E-state index contributed by atoms with van der Waals surface area (Å²) in [6.07, 6.45) is 1.04. The second kappa shape index (κ2) is 12.5. The molecule has 0 spiro atoms. The van der Waals surface area contributed by atoms with Gasteiger partial charge in [-0.1, -0.05) is 45.4 Å². The Hall–Kier alpha value is -2.98. The molecule has 0 aliphatic heterocycles. The normalized spacial score (nSPS) is 12.3. The standard InChI is InChI=1S/C24H33FN4O4S/c1-5-8-21(28-24(31)26-16-18-10-12-19(25)13-11-18)23(30)27-20-14-9-17(4)22(15-20)34(32,33)29(6-2)7-3/h9-15,21H,5-8,16H2,1-4H3,(H,27,30)(H2,26,28,31). The van der Waals surface area contributed by atoms with Crippen LogP contribution >= 0.6 is 0 Å². The van der Waals surface area contributed by atoms with Gasteiger partial charge in [0.15, 0.2) is 0 Å². The Bertz CT molecular complexity index is 1090. The number of urea groups is 1. The Morgan fingerprint density at radius 2 is 1.68 bits per heavy atom. The van der Waals surface area contributed by atoms with Gasteiger partial charge in [0.2, 0.25) is 15.9 Å². The van der Waals surface area contributed by atoms with E-state index in [0.29, 0.717) is 37.2 Å². The maximum atomic E-state index is 13.0. The summed E-state index contributed by atoms with van der Waals surface area (Å²) < 4.78 is 40.3. The topological polar surface area (TPSA) is 108 Å². The number of rotatable bonds is 11.